The third-order valence-electron chi connectivity index (χ3n) is 1.47. The van der Waals surface area contributed by atoms with Crippen molar-refractivity contribution in [2.45, 2.75) is 12.8 Å². The first-order valence-electron chi connectivity index (χ1n) is 3.62. The lowest BCUT2D eigenvalue weighted by molar-refractivity contribution is -0.138. The van der Waals surface area contributed by atoms with Gasteiger partial charge in [0.15, 0.2) is 0 Å². The molecule has 1 rings (SSSR count). The zero-order chi connectivity index (χ0) is 11.6. The number of halogens is 6. The van der Waals surface area contributed by atoms with Gasteiger partial charge in [-0.15, -0.1) is 0 Å². The van der Waals surface area contributed by atoms with Crippen LogP contribution in [0.15, 0.2) is 18.2 Å². The molecule has 1 aromatic rings. The molecular weight excluding hydrogens is 334 g/mol. The molecule has 0 aliphatic carbocycles. The third kappa shape index (κ3) is 3.47. The van der Waals surface area contributed by atoms with Crippen LogP contribution >= 0.6 is 22.6 Å². The van der Waals surface area contributed by atoms with Crippen molar-refractivity contribution in [3.63, 3.8) is 0 Å². The molecule has 0 atom stereocenters. The first-order chi connectivity index (χ1) is 6.80. The summed E-state index contributed by atoms with van der Waals surface area (Å²) in [6.45, 7) is -3.14. The Bertz CT molecular complexity index is 349. The lowest BCUT2D eigenvalue weighted by Crippen LogP contribution is -2.08. The van der Waals surface area contributed by atoms with Crippen LogP contribution in [0.4, 0.5) is 22.0 Å². The Hall–Kier alpha value is -0.600. The molecule has 0 saturated carbocycles. The van der Waals surface area contributed by atoms with E-state index in [0.717, 1.165) is 12.1 Å². The maximum absolute atomic E-state index is 12.2. The molecule has 0 aliphatic heterocycles. The number of hydrogen-bond acceptors (Lipinski definition) is 1. The predicted octanol–water partition coefficient (Wildman–Crippen LogP) is 3.91. The van der Waals surface area contributed by atoms with Gasteiger partial charge in [0.05, 0.1) is 9.13 Å². The van der Waals surface area contributed by atoms with E-state index in [1.54, 1.807) is 22.6 Å². The summed E-state index contributed by atoms with van der Waals surface area (Å²) in [6, 6.07) is 2.43. The SMILES string of the molecule is FC(F)Oc1cc(C(F)(F)F)ccc1I. The third-order valence-corrected chi connectivity index (χ3v) is 2.37. The zero-order valence-electron chi connectivity index (χ0n) is 6.99. The van der Waals surface area contributed by atoms with Crippen molar-refractivity contribution in [2.75, 3.05) is 0 Å². The van der Waals surface area contributed by atoms with Gasteiger partial charge in [-0.05, 0) is 40.8 Å². The highest BCUT2D eigenvalue weighted by molar-refractivity contribution is 14.1. The maximum atomic E-state index is 12.2. The molecule has 15 heavy (non-hydrogen) atoms. The Balaban J connectivity index is 3.06. The average Bonchev–Trinajstić information content (AvgIpc) is 2.06. The number of hydrogen-bond donors (Lipinski definition) is 0. The molecule has 0 radical (unpaired) electrons. The Morgan fingerprint density at radius 1 is 1.20 bits per heavy atom. The minimum atomic E-state index is -4.56. The number of benzene rings is 1. The monoisotopic (exact) mass is 338 g/mol. The van der Waals surface area contributed by atoms with E-state index in [1.807, 2.05) is 0 Å². The fourth-order valence-electron chi connectivity index (χ4n) is 0.866. The number of alkyl halides is 5. The number of ether oxygens (including phenoxy) is 1. The summed E-state index contributed by atoms with van der Waals surface area (Å²) >= 11 is 1.61. The standard InChI is InChI=1S/C8H4F5IO/c9-7(10)15-6-3-4(8(11,12)13)1-2-5(6)14/h1-3,7H. The topological polar surface area (TPSA) is 9.23 Å². The van der Waals surface area contributed by atoms with Gasteiger partial charge in [0.1, 0.15) is 5.75 Å². The highest BCUT2D eigenvalue weighted by atomic mass is 127. The van der Waals surface area contributed by atoms with Gasteiger partial charge < -0.3 is 4.74 Å². The van der Waals surface area contributed by atoms with Crippen LogP contribution in [0.1, 0.15) is 5.56 Å². The molecule has 0 bridgehead atoms. The quantitative estimate of drug-likeness (QED) is 0.587. The van der Waals surface area contributed by atoms with Gasteiger partial charge in [-0.3, -0.25) is 0 Å². The lowest BCUT2D eigenvalue weighted by Gasteiger charge is -2.11. The van der Waals surface area contributed by atoms with Gasteiger partial charge in [-0.25, -0.2) is 0 Å². The Kier molecular flexibility index (Phi) is 3.74. The summed E-state index contributed by atoms with van der Waals surface area (Å²) in [5.74, 6) is -0.472. The van der Waals surface area contributed by atoms with E-state index in [2.05, 4.69) is 4.74 Å². The predicted molar refractivity (Wildman–Crippen MR) is 50.8 cm³/mol. The average molecular weight is 338 g/mol. The van der Waals surface area contributed by atoms with Crippen LogP contribution in [-0.2, 0) is 6.18 Å². The van der Waals surface area contributed by atoms with Crippen LogP contribution in [0.3, 0.4) is 0 Å². The second-order valence-electron chi connectivity index (χ2n) is 2.52. The van der Waals surface area contributed by atoms with Gasteiger partial charge in [0.2, 0.25) is 0 Å². The van der Waals surface area contributed by atoms with E-state index in [-0.39, 0.29) is 3.57 Å². The molecule has 0 heterocycles. The van der Waals surface area contributed by atoms with Crippen LogP contribution in [0.2, 0.25) is 0 Å². The molecule has 0 amide bonds. The zero-order valence-corrected chi connectivity index (χ0v) is 9.14. The van der Waals surface area contributed by atoms with Crippen LogP contribution in [0.5, 0.6) is 5.75 Å². The van der Waals surface area contributed by atoms with Crippen LogP contribution < -0.4 is 4.74 Å². The van der Waals surface area contributed by atoms with Crippen molar-refractivity contribution in [1.29, 1.82) is 0 Å². The fourth-order valence-corrected chi connectivity index (χ4v) is 1.33. The van der Waals surface area contributed by atoms with Gasteiger partial charge in [0.25, 0.3) is 0 Å². The van der Waals surface area contributed by atoms with E-state index >= 15 is 0 Å². The van der Waals surface area contributed by atoms with Crippen LogP contribution in [-0.4, -0.2) is 6.61 Å². The summed E-state index contributed by atoms with van der Waals surface area (Å²) in [4.78, 5) is 0. The van der Waals surface area contributed by atoms with E-state index in [0.29, 0.717) is 6.07 Å². The van der Waals surface area contributed by atoms with E-state index in [9.17, 15) is 22.0 Å². The highest BCUT2D eigenvalue weighted by Crippen LogP contribution is 2.33. The minimum Gasteiger partial charge on any atom is -0.434 e. The van der Waals surface area contributed by atoms with Crippen molar-refractivity contribution in [2.24, 2.45) is 0 Å². The van der Waals surface area contributed by atoms with Crippen molar-refractivity contribution in [3.05, 3.63) is 27.3 Å². The molecule has 0 saturated heterocycles. The summed E-state index contributed by atoms with van der Waals surface area (Å²) in [5, 5.41) is 0. The first kappa shape index (κ1) is 12.5. The van der Waals surface area contributed by atoms with Crippen molar-refractivity contribution in [3.8, 4) is 5.75 Å². The van der Waals surface area contributed by atoms with E-state index < -0.39 is 24.1 Å². The second kappa shape index (κ2) is 4.50. The molecule has 1 aromatic carbocycles. The van der Waals surface area contributed by atoms with Crippen molar-refractivity contribution < 1.29 is 26.7 Å². The fraction of sp³-hybridized carbons (Fsp3) is 0.250. The summed E-state index contributed by atoms with van der Waals surface area (Å²) in [6.07, 6.45) is -4.56. The summed E-state index contributed by atoms with van der Waals surface area (Å²) < 4.78 is 64.4. The maximum Gasteiger partial charge on any atom is 0.416 e. The number of rotatable bonds is 2. The van der Waals surface area contributed by atoms with Crippen molar-refractivity contribution in [1.82, 2.24) is 0 Å². The summed E-state index contributed by atoms with van der Waals surface area (Å²) in [7, 11) is 0. The van der Waals surface area contributed by atoms with Gasteiger partial charge in [-0.2, -0.15) is 22.0 Å². The first-order valence-corrected chi connectivity index (χ1v) is 4.70. The van der Waals surface area contributed by atoms with E-state index in [1.165, 1.54) is 0 Å². The Morgan fingerprint density at radius 3 is 2.27 bits per heavy atom. The largest absolute Gasteiger partial charge is 0.434 e. The van der Waals surface area contributed by atoms with Gasteiger partial charge >= 0.3 is 12.8 Å². The molecule has 0 unspecified atom stereocenters. The lowest BCUT2D eigenvalue weighted by atomic mass is 10.2. The smallest absolute Gasteiger partial charge is 0.416 e. The molecule has 84 valence electrons. The molecule has 0 fully saturated rings. The molecule has 7 heteroatoms. The molecule has 0 aromatic heterocycles. The van der Waals surface area contributed by atoms with Crippen LogP contribution in [0.25, 0.3) is 0 Å². The highest BCUT2D eigenvalue weighted by Gasteiger charge is 2.31. The Labute approximate surface area is 95.4 Å². The Morgan fingerprint density at radius 2 is 1.80 bits per heavy atom. The summed E-state index contributed by atoms with van der Waals surface area (Å²) in [5.41, 5.74) is -1.02. The van der Waals surface area contributed by atoms with Crippen molar-refractivity contribution >= 4 is 22.6 Å². The minimum absolute atomic E-state index is 0.195. The van der Waals surface area contributed by atoms with Gasteiger partial charge in [0, 0.05) is 0 Å². The molecule has 1 nitrogen and oxygen atoms in total. The molecule has 0 spiro atoms. The second-order valence-corrected chi connectivity index (χ2v) is 3.68. The van der Waals surface area contributed by atoms with Crippen LogP contribution in [0, 0.1) is 3.57 Å². The normalized spacial score (nSPS) is 11.9. The molecule has 0 N–H and O–H groups in total. The van der Waals surface area contributed by atoms with Gasteiger partial charge in [-0.1, -0.05) is 0 Å². The molecule has 0 aliphatic rings. The molecular formula is C8H4F5IO. The van der Waals surface area contributed by atoms with E-state index in [4.69, 9.17) is 0 Å².